The van der Waals surface area contributed by atoms with Gasteiger partial charge in [-0.2, -0.15) is 0 Å². The number of aliphatic hydroxyl groups excluding tert-OH is 7. The topological polar surface area (TPSA) is 160 Å². The minimum atomic E-state index is -1.65. The fraction of sp³-hybridized carbons (Fsp3) is 0.833. The maximum absolute atomic E-state index is 9.80. The van der Waals surface area contributed by atoms with Crippen molar-refractivity contribution in [2.45, 2.75) is 55.1 Å². The molecule has 9 nitrogen and oxygen atoms in total. The first-order valence-corrected chi connectivity index (χ1v) is 6.55. The third kappa shape index (κ3) is 3.26. The molecular formula is C12H20O9. The second-order valence-electron chi connectivity index (χ2n) is 5.15. The van der Waals surface area contributed by atoms with Gasteiger partial charge < -0.3 is 45.2 Å². The number of ether oxygens (including phenoxy) is 2. The third-order valence-electron chi connectivity index (χ3n) is 3.67. The van der Waals surface area contributed by atoms with E-state index in [-0.39, 0.29) is 0 Å². The quantitative estimate of drug-likeness (QED) is 0.257. The van der Waals surface area contributed by atoms with Crippen LogP contribution in [0.4, 0.5) is 0 Å². The molecule has 0 aromatic heterocycles. The molecule has 0 bridgehead atoms. The Morgan fingerprint density at radius 1 is 0.810 bits per heavy atom. The van der Waals surface area contributed by atoms with Crippen LogP contribution in [0.1, 0.15) is 0 Å². The molecule has 2 rings (SSSR count). The maximum Gasteiger partial charge on any atom is 0.187 e. The van der Waals surface area contributed by atoms with Gasteiger partial charge in [0.2, 0.25) is 0 Å². The summed E-state index contributed by atoms with van der Waals surface area (Å²) in [5, 5.41) is 67.1. The van der Waals surface area contributed by atoms with E-state index in [0.717, 1.165) is 0 Å². The van der Waals surface area contributed by atoms with E-state index in [1.165, 1.54) is 12.2 Å². The van der Waals surface area contributed by atoms with Crippen LogP contribution in [0.2, 0.25) is 0 Å². The average molecular weight is 308 g/mol. The lowest BCUT2D eigenvalue weighted by molar-refractivity contribution is -0.324. The minimum absolute atomic E-state index is 0.622. The standard InChI is InChI=1S/C12H20O9/c13-3-6-8(17)9(18)10(19)12(20-6)21-11-5(15)2-1-4(14)7(11)16/h1-2,4-19H,3H2/t4-,5+,6+,7+,8-,9-,10+,11-,12+/m0/s1. The molecule has 1 fully saturated rings. The minimum Gasteiger partial charge on any atom is -0.394 e. The summed E-state index contributed by atoms with van der Waals surface area (Å²) in [5.41, 5.74) is 0. The van der Waals surface area contributed by atoms with Gasteiger partial charge in [-0.15, -0.1) is 0 Å². The van der Waals surface area contributed by atoms with Crippen molar-refractivity contribution in [3.63, 3.8) is 0 Å². The Balaban J connectivity index is 2.09. The van der Waals surface area contributed by atoms with Gasteiger partial charge in [0, 0.05) is 0 Å². The highest BCUT2D eigenvalue weighted by molar-refractivity contribution is 5.08. The van der Waals surface area contributed by atoms with E-state index >= 15 is 0 Å². The van der Waals surface area contributed by atoms with Crippen molar-refractivity contribution in [2.75, 3.05) is 6.61 Å². The van der Waals surface area contributed by atoms with E-state index in [9.17, 15) is 30.6 Å². The second-order valence-corrected chi connectivity index (χ2v) is 5.15. The zero-order valence-corrected chi connectivity index (χ0v) is 11.0. The van der Waals surface area contributed by atoms with Crippen LogP contribution >= 0.6 is 0 Å². The summed E-state index contributed by atoms with van der Waals surface area (Å²) in [4.78, 5) is 0. The first-order chi connectivity index (χ1) is 9.86. The lowest BCUT2D eigenvalue weighted by atomic mass is 9.95. The van der Waals surface area contributed by atoms with Crippen LogP contribution in [0.5, 0.6) is 0 Å². The fourth-order valence-corrected chi connectivity index (χ4v) is 2.34. The summed E-state index contributed by atoms with van der Waals surface area (Å²) in [7, 11) is 0. The highest BCUT2D eigenvalue weighted by atomic mass is 16.7. The van der Waals surface area contributed by atoms with Crippen LogP contribution in [0, 0.1) is 0 Å². The van der Waals surface area contributed by atoms with Crippen LogP contribution in [-0.4, -0.2) is 97.5 Å². The molecule has 0 aromatic rings. The SMILES string of the molecule is OC[C@H]1O[C@H](O[C@@H]2[C@H](O)[C@@H](O)C=C[C@H]2O)[C@H](O)[C@@H](O)[C@H]1O. The van der Waals surface area contributed by atoms with Crippen molar-refractivity contribution in [3.05, 3.63) is 12.2 Å². The molecule has 0 aromatic carbocycles. The van der Waals surface area contributed by atoms with E-state index < -0.39 is 61.7 Å². The zero-order chi connectivity index (χ0) is 15.7. The highest BCUT2D eigenvalue weighted by Crippen LogP contribution is 2.26. The Morgan fingerprint density at radius 3 is 2.05 bits per heavy atom. The molecule has 0 saturated carbocycles. The number of hydrogen-bond acceptors (Lipinski definition) is 9. The van der Waals surface area contributed by atoms with Crippen LogP contribution in [0.25, 0.3) is 0 Å². The van der Waals surface area contributed by atoms with Crippen molar-refractivity contribution in [1.29, 1.82) is 0 Å². The van der Waals surface area contributed by atoms with Crippen molar-refractivity contribution < 1.29 is 45.2 Å². The fourth-order valence-electron chi connectivity index (χ4n) is 2.34. The summed E-state index contributed by atoms with van der Waals surface area (Å²) in [5.74, 6) is 0. The summed E-state index contributed by atoms with van der Waals surface area (Å²) >= 11 is 0. The Labute approximate surface area is 120 Å². The van der Waals surface area contributed by atoms with Crippen molar-refractivity contribution >= 4 is 0 Å². The molecule has 1 aliphatic carbocycles. The predicted octanol–water partition coefficient (Wildman–Crippen LogP) is -4.18. The molecule has 1 heterocycles. The van der Waals surface area contributed by atoms with E-state index in [4.69, 9.17) is 14.6 Å². The van der Waals surface area contributed by atoms with Crippen LogP contribution in [-0.2, 0) is 9.47 Å². The Morgan fingerprint density at radius 2 is 1.43 bits per heavy atom. The van der Waals surface area contributed by atoms with E-state index in [0.29, 0.717) is 0 Å². The molecule has 1 saturated heterocycles. The van der Waals surface area contributed by atoms with E-state index in [1.54, 1.807) is 0 Å². The van der Waals surface area contributed by atoms with Gasteiger partial charge in [-0.3, -0.25) is 0 Å². The molecule has 122 valence electrons. The number of aliphatic hydroxyl groups is 7. The second kappa shape index (κ2) is 6.65. The van der Waals surface area contributed by atoms with E-state index in [1.807, 2.05) is 0 Å². The van der Waals surface area contributed by atoms with Gasteiger partial charge in [0.05, 0.1) is 6.61 Å². The van der Waals surface area contributed by atoms with Gasteiger partial charge in [-0.1, -0.05) is 12.2 Å². The Kier molecular flexibility index (Phi) is 5.30. The Hall–Kier alpha value is -0.620. The molecule has 0 unspecified atom stereocenters. The molecule has 9 atom stereocenters. The summed E-state index contributed by atoms with van der Waals surface area (Å²) < 4.78 is 10.3. The van der Waals surface area contributed by atoms with Crippen LogP contribution in [0.3, 0.4) is 0 Å². The molecule has 0 amide bonds. The van der Waals surface area contributed by atoms with Crippen molar-refractivity contribution in [3.8, 4) is 0 Å². The van der Waals surface area contributed by atoms with Crippen LogP contribution < -0.4 is 0 Å². The normalized spacial score (nSPS) is 51.1. The van der Waals surface area contributed by atoms with Gasteiger partial charge in [-0.05, 0) is 0 Å². The maximum atomic E-state index is 9.80. The first kappa shape index (κ1) is 16.7. The van der Waals surface area contributed by atoms with Gasteiger partial charge in [0.25, 0.3) is 0 Å². The zero-order valence-electron chi connectivity index (χ0n) is 11.0. The molecule has 7 N–H and O–H groups in total. The largest absolute Gasteiger partial charge is 0.394 e. The summed E-state index contributed by atoms with van der Waals surface area (Å²) in [6.45, 7) is -0.622. The monoisotopic (exact) mass is 308 g/mol. The van der Waals surface area contributed by atoms with Gasteiger partial charge >= 0.3 is 0 Å². The lowest BCUT2D eigenvalue weighted by Gasteiger charge is -2.42. The Bertz CT molecular complexity index is 374. The van der Waals surface area contributed by atoms with Gasteiger partial charge in [0.1, 0.15) is 48.8 Å². The number of rotatable bonds is 3. The summed E-state index contributed by atoms with van der Waals surface area (Å²) in [6, 6.07) is 0. The molecule has 21 heavy (non-hydrogen) atoms. The molecule has 0 spiro atoms. The van der Waals surface area contributed by atoms with Crippen LogP contribution in [0.15, 0.2) is 12.2 Å². The van der Waals surface area contributed by atoms with Gasteiger partial charge in [0.15, 0.2) is 6.29 Å². The third-order valence-corrected chi connectivity index (χ3v) is 3.67. The molecule has 1 aliphatic heterocycles. The molecule has 9 heteroatoms. The first-order valence-electron chi connectivity index (χ1n) is 6.55. The predicted molar refractivity (Wildman–Crippen MR) is 65.8 cm³/mol. The number of hydrogen-bond donors (Lipinski definition) is 7. The smallest absolute Gasteiger partial charge is 0.187 e. The van der Waals surface area contributed by atoms with E-state index in [2.05, 4.69) is 0 Å². The van der Waals surface area contributed by atoms with Crippen molar-refractivity contribution in [2.24, 2.45) is 0 Å². The lowest BCUT2D eigenvalue weighted by Crippen LogP contribution is -2.61. The molecular weight excluding hydrogens is 288 g/mol. The average Bonchev–Trinajstić information content (AvgIpc) is 2.47. The molecule has 2 aliphatic rings. The molecule has 0 radical (unpaired) electrons. The van der Waals surface area contributed by atoms with Gasteiger partial charge in [-0.25, -0.2) is 0 Å². The highest BCUT2D eigenvalue weighted by Gasteiger charge is 2.47. The summed E-state index contributed by atoms with van der Waals surface area (Å²) in [6.07, 6.45) is -10.3. The van der Waals surface area contributed by atoms with Crippen molar-refractivity contribution in [1.82, 2.24) is 0 Å².